The fourth-order valence-corrected chi connectivity index (χ4v) is 6.18. The van der Waals surface area contributed by atoms with Gasteiger partial charge >= 0.3 is 0 Å². The van der Waals surface area contributed by atoms with Crippen molar-refractivity contribution in [1.29, 1.82) is 0 Å². The number of hydrogen-bond acceptors (Lipinski definition) is 4. The summed E-state index contributed by atoms with van der Waals surface area (Å²) in [5, 5.41) is 6.09. The zero-order chi connectivity index (χ0) is 36.5. The van der Waals surface area contributed by atoms with Crippen LogP contribution < -0.4 is 54.1 Å². The average molecular weight is 857 g/mol. The number of benzene rings is 2. The maximum absolute atomic E-state index is 12.8. The Hall–Kier alpha value is -2.14. The summed E-state index contributed by atoms with van der Waals surface area (Å²) < 4.78 is 13.0. The monoisotopic (exact) mass is 854 g/mol. The van der Waals surface area contributed by atoms with E-state index in [0.29, 0.717) is 22.1 Å². The predicted octanol–water partition coefficient (Wildman–Crippen LogP) is 3.46. The molecule has 0 radical (unpaired) electrons. The molecule has 0 aliphatic rings. The van der Waals surface area contributed by atoms with Crippen molar-refractivity contribution in [2.45, 2.75) is 117 Å². The van der Waals surface area contributed by atoms with E-state index >= 15 is 0 Å². The fourth-order valence-electron chi connectivity index (χ4n) is 6.18. The summed E-state index contributed by atoms with van der Waals surface area (Å²) in [5.74, 6) is 1.76. The highest BCUT2D eigenvalue weighted by Gasteiger charge is 2.21. The molecular weight excluding hydrogens is 784 g/mol. The number of rotatable bonds is 29. The Morgan fingerprint density at radius 1 is 0.481 bits per heavy atom. The molecule has 2 rings (SSSR count). The van der Waals surface area contributed by atoms with Gasteiger partial charge in [-0.05, 0) is 87.1 Å². The maximum atomic E-state index is 12.8. The smallest absolute Gasteiger partial charge is 0.279 e. The second-order valence-corrected chi connectivity index (χ2v) is 15.4. The number of carbonyl (C=O) groups is 2. The van der Waals surface area contributed by atoms with Crippen LogP contribution in [0.2, 0.25) is 0 Å². The molecule has 0 bridgehead atoms. The largest absolute Gasteiger partial charge is 1.00 e. The van der Waals surface area contributed by atoms with E-state index in [0.717, 1.165) is 87.7 Å². The van der Waals surface area contributed by atoms with E-state index in [-0.39, 0.29) is 45.8 Å². The SMILES string of the molecule is CCCCCCCCOc1ccc(NC(=O)C[N+](C)(C)CCCCCC[N+](C)(C)CC(=O)Nc2ccc(OCCCCCCCC)cc2)cc1.[Br-].[Br-]. The van der Waals surface area contributed by atoms with E-state index in [9.17, 15) is 9.59 Å². The van der Waals surface area contributed by atoms with Crippen LogP contribution in [0.5, 0.6) is 11.5 Å². The van der Waals surface area contributed by atoms with E-state index in [1.54, 1.807) is 0 Å². The van der Waals surface area contributed by atoms with Crippen LogP contribution in [-0.4, -0.2) is 88.4 Å². The number of nitrogens with one attached hydrogen (secondary N) is 2. The molecule has 0 aliphatic heterocycles. The Bertz CT molecular complexity index is 1100. The first-order valence-corrected chi connectivity index (χ1v) is 19.7. The van der Waals surface area contributed by atoms with E-state index in [4.69, 9.17) is 9.47 Å². The van der Waals surface area contributed by atoms with Gasteiger partial charge in [-0.2, -0.15) is 0 Å². The molecule has 0 unspecified atom stereocenters. The number of halogens is 2. The molecule has 0 heterocycles. The zero-order valence-corrected chi connectivity index (χ0v) is 36.6. The van der Waals surface area contributed by atoms with Crippen LogP contribution in [0.3, 0.4) is 0 Å². The standard InChI is InChI=1S/C42H70N4O4.2BrH/c1-7-9-11-13-17-21-33-49-39-27-23-37(24-28-39)43-41(47)35-45(3,4)31-19-15-16-20-32-46(5,6)36-42(48)44-38-25-29-40(30-26-38)50-34-22-18-14-12-10-8-2;;/h23-30H,7-22,31-36H2,1-6H3;2*1H. The number of anilines is 2. The summed E-state index contributed by atoms with van der Waals surface area (Å²) in [7, 11) is 8.48. The number of unbranched alkanes of at least 4 members (excludes halogenated alkanes) is 13. The number of nitrogens with zero attached hydrogens (tertiary/aromatic N) is 2. The first-order valence-electron chi connectivity index (χ1n) is 19.7. The first kappa shape index (κ1) is 49.9. The van der Waals surface area contributed by atoms with Crippen LogP contribution in [-0.2, 0) is 9.59 Å². The minimum Gasteiger partial charge on any atom is -1.00 e. The number of carbonyl (C=O) groups excluding carboxylic acids is 2. The second kappa shape index (κ2) is 29.2. The molecule has 0 atom stereocenters. The van der Waals surface area contributed by atoms with Crippen molar-refractivity contribution in [3.8, 4) is 11.5 Å². The van der Waals surface area contributed by atoms with E-state index in [1.807, 2.05) is 48.5 Å². The van der Waals surface area contributed by atoms with Gasteiger partial charge in [-0.3, -0.25) is 9.59 Å². The van der Waals surface area contributed by atoms with Crippen molar-refractivity contribution in [3.63, 3.8) is 0 Å². The molecule has 0 saturated carbocycles. The number of quaternary nitrogens is 2. The summed E-state index contributed by atoms with van der Waals surface area (Å²) in [6.45, 7) is 8.72. The van der Waals surface area contributed by atoms with Gasteiger partial charge < -0.3 is 63.0 Å². The van der Waals surface area contributed by atoms with Gasteiger partial charge in [0.05, 0.1) is 54.5 Å². The normalized spacial score (nSPS) is 11.3. The topological polar surface area (TPSA) is 76.7 Å². The molecule has 0 fully saturated rings. The lowest BCUT2D eigenvalue weighted by molar-refractivity contribution is -0.883. The molecular formula is C42H72Br2N4O4. The Kier molecular flexibility index (Phi) is 28.0. The lowest BCUT2D eigenvalue weighted by Gasteiger charge is -2.30. The van der Waals surface area contributed by atoms with Gasteiger partial charge in [-0.15, -0.1) is 0 Å². The Morgan fingerprint density at radius 3 is 1.13 bits per heavy atom. The van der Waals surface area contributed by atoms with Gasteiger partial charge in [0.2, 0.25) is 0 Å². The Labute approximate surface area is 338 Å². The van der Waals surface area contributed by atoms with Gasteiger partial charge in [0.15, 0.2) is 13.1 Å². The van der Waals surface area contributed by atoms with Crippen LogP contribution in [0, 0.1) is 0 Å². The maximum Gasteiger partial charge on any atom is 0.279 e. The molecule has 2 aromatic carbocycles. The third-order valence-electron chi connectivity index (χ3n) is 9.23. The van der Waals surface area contributed by atoms with Crippen molar-refractivity contribution < 1.29 is 62.0 Å². The highest BCUT2D eigenvalue weighted by molar-refractivity contribution is 5.92. The number of amides is 2. The lowest BCUT2D eigenvalue weighted by atomic mass is 10.1. The fraction of sp³-hybridized carbons (Fsp3) is 0.667. The van der Waals surface area contributed by atoms with E-state index < -0.39 is 0 Å². The van der Waals surface area contributed by atoms with Crippen molar-refractivity contribution >= 4 is 23.2 Å². The number of ether oxygens (including phenoxy) is 2. The molecule has 298 valence electrons. The van der Waals surface area contributed by atoms with Gasteiger partial charge in [0, 0.05) is 11.4 Å². The van der Waals surface area contributed by atoms with Gasteiger partial charge in [-0.25, -0.2) is 0 Å². The van der Waals surface area contributed by atoms with Crippen molar-refractivity contribution in [1.82, 2.24) is 0 Å². The summed E-state index contributed by atoms with van der Waals surface area (Å²) in [4.78, 5) is 25.6. The lowest BCUT2D eigenvalue weighted by Crippen LogP contribution is -3.00. The summed E-state index contributed by atoms with van der Waals surface area (Å²) in [6.07, 6.45) is 19.3. The van der Waals surface area contributed by atoms with Crippen molar-refractivity contribution in [3.05, 3.63) is 48.5 Å². The van der Waals surface area contributed by atoms with Crippen LogP contribution in [0.1, 0.15) is 117 Å². The molecule has 0 aromatic heterocycles. The first-order chi connectivity index (χ1) is 24.0. The summed E-state index contributed by atoms with van der Waals surface area (Å²) in [6, 6.07) is 15.4. The number of hydrogen-bond donors (Lipinski definition) is 2. The third kappa shape index (κ3) is 25.0. The van der Waals surface area contributed by atoms with Crippen molar-refractivity contribution in [2.75, 3.05) is 78.2 Å². The predicted molar refractivity (Wildman–Crippen MR) is 210 cm³/mol. The van der Waals surface area contributed by atoms with Gasteiger partial charge in [-0.1, -0.05) is 78.1 Å². The zero-order valence-electron chi connectivity index (χ0n) is 33.5. The molecule has 52 heavy (non-hydrogen) atoms. The molecule has 2 amide bonds. The third-order valence-corrected chi connectivity index (χ3v) is 9.23. The highest BCUT2D eigenvalue weighted by atomic mass is 79.9. The quantitative estimate of drug-likeness (QED) is 0.0973. The molecule has 8 nitrogen and oxygen atoms in total. The second-order valence-electron chi connectivity index (χ2n) is 15.4. The van der Waals surface area contributed by atoms with E-state index in [1.165, 1.54) is 64.2 Å². The number of likely N-dealkylation sites (N-methyl/N-ethyl adjacent to an activating group) is 2. The molecule has 0 spiro atoms. The van der Waals surface area contributed by atoms with Crippen LogP contribution in [0.25, 0.3) is 0 Å². The molecule has 2 N–H and O–H groups in total. The molecule has 0 saturated heterocycles. The highest BCUT2D eigenvalue weighted by Crippen LogP contribution is 2.19. The minimum atomic E-state index is 0. The van der Waals surface area contributed by atoms with Crippen LogP contribution >= 0.6 is 0 Å². The summed E-state index contributed by atoms with van der Waals surface area (Å²) >= 11 is 0. The van der Waals surface area contributed by atoms with Crippen LogP contribution in [0.15, 0.2) is 48.5 Å². The Morgan fingerprint density at radius 2 is 0.788 bits per heavy atom. The van der Waals surface area contributed by atoms with Crippen molar-refractivity contribution in [2.24, 2.45) is 0 Å². The van der Waals surface area contributed by atoms with E-state index in [2.05, 4.69) is 52.7 Å². The van der Waals surface area contributed by atoms with Gasteiger partial charge in [0.1, 0.15) is 11.5 Å². The summed E-state index contributed by atoms with van der Waals surface area (Å²) in [5.41, 5.74) is 1.61. The van der Waals surface area contributed by atoms with Gasteiger partial charge in [0.25, 0.3) is 11.8 Å². The Balaban J connectivity index is 0.0000130. The minimum absolute atomic E-state index is 0. The molecule has 10 heteroatoms. The average Bonchev–Trinajstić information content (AvgIpc) is 3.06. The van der Waals surface area contributed by atoms with Crippen LogP contribution in [0.4, 0.5) is 11.4 Å². The molecule has 2 aromatic rings. The molecule has 0 aliphatic carbocycles.